The summed E-state index contributed by atoms with van der Waals surface area (Å²) in [4.78, 5) is 10.6. The number of para-hydroxylation sites is 1. The van der Waals surface area contributed by atoms with Gasteiger partial charge in [0.05, 0.1) is 6.16 Å². The van der Waals surface area contributed by atoms with Crippen LogP contribution in [0.5, 0.6) is 5.75 Å². The van der Waals surface area contributed by atoms with E-state index >= 15 is 0 Å². The van der Waals surface area contributed by atoms with Crippen LogP contribution in [0.2, 0.25) is 0 Å². The third-order valence-corrected chi connectivity index (χ3v) is 5.65. The Morgan fingerprint density at radius 1 is 0.739 bits per heavy atom. The lowest BCUT2D eigenvalue weighted by Gasteiger charge is -2.17. The number of benzene rings is 3. The molecule has 1 atom stereocenters. The molecule has 0 amide bonds. The highest BCUT2D eigenvalue weighted by Crippen LogP contribution is 2.46. The molecule has 2 N–H and O–H groups in total. The summed E-state index contributed by atoms with van der Waals surface area (Å²) in [6.07, 6.45) is 0.0679. The van der Waals surface area contributed by atoms with Gasteiger partial charge in [-0.1, -0.05) is 66.7 Å². The number of hydrogen-bond donors (Lipinski definition) is 2. The number of phenols is 1. The third kappa shape index (κ3) is 3.37. The lowest BCUT2D eigenvalue weighted by Crippen LogP contribution is -2.10. The van der Waals surface area contributed by atoms with Gasteiger partial charge in [-0.3, -0.25) is 4.57 Å². The van der Waals surface area contributed by atoms with E-state index in [1.54, 1.807) is 48.5 Å². The Kier molecular flexibility index (Phi) is 4.33. The summed E-state index contributed by atoms with van der Waals surface area (Å²) in [5, 5.41) is 10.4. The molecule has 3 aromatic rings. The number of phenolic OH excluding ortho intramolecular Hbond substituents is 1. The van der Waals surface area contributed by atoms with Gasteiger partial charge in [0.1, 0.15) is 5.75 Å². The van der Waals surface area contributed by atoms with Crippen molar-refractivity contribution in [1.82, 2.24) is 0 Å². The van der Waals surface area contributed by atoms with E-state index < -0.39 is 7.37 Å². The molecule has 0 aliphatic carbocycles. The highest BCUT2D eigenvalue weighted by molar-refractivity contribution is 7.65. The molecule has 23 heavy (non-hydrogen) atoms. The molecular formula is C19H17O3P. The lowest BCUT2D eigenvalue weighted by molar-refractivity contribution is 0.477. The molecule has 1 unspecified atom stereocenters. The van der Waals surface area contributed by atoms with E-state index in [9.17, 15) is 14.6 Å². The van der Waals surface area contributed by atoms with Gasteiger partial charge >= 0.3 is 0 Å². The molecule has 116 valence electrons. The van der Waals surface area contributed by atoms with Gasteiger partial charge < -0.3 is 10.00 Å². The van der Waals surface area contributed by atoms with Crippen LogP contribution in [0.4, 0.5) is 0 Å². The van der Waals surface area contributed by atoms with E-state index in [0.29, 0.717) is 16.4 Å². The molecule has 0 saturated carbocycles. The minimum absolute atomic E-state index is 0.0679. The van der Waals surface area contributed by atoms with Gasteiger partial charge in [0.2, 0.25) is 7.37 Å². The monoisotopic (exact) mass is 324 g/mol. The van der Waals surface area contributed by atoms with Crippen molar-refractivity contribution in [3.8, 4) is 16.9 Å². The van der Waals surface area contributed by atoms with Crippen LogP contribution in [0.3, 0.4) is 0 Å². The van der Waals surface area contributed by atoms with Crippen molar-refractivity contribution in [3.05, 3.63) is 84.4 Å². The van der Waals surface area contributed by atoms with Crippen LogP contribution in [0, 0.1) is 0 Å². The molecule has 3 aromatic carbocycles. The zero-order valence-corrected chi connectivity index (χ0v) is 13.4. The SMILES string of the molecule is O=P(O)(Cc1ccccc1)c1ccccc1-c1ccccc1O. The van der Waals surface area contributed by atoms with E-state index in [0.717, 1.165) is 5.56 Å². The van der Waals surface area contributed by atoms with Crippen LogP contribution in [0.15, 0.2) is 78.9 Å². The lowest BCUT2D eigenvalue weighted by atomic mass is 10.0. The quantitative estimate of drug-likeness (QED) is 0.709. The second-order valence-corrected chi connectivity index (χ2v) is 7.58. The molecule has 0 saturated heterocycles. The molecule has 0 aliphatic heterocycles. The van der Waals surface area contributed by atoms with E-state index in [1.807, 2.05) is 30.3 Å². The van der Waals surface area contributed by atoms with Crippen molar-refractivity contribution >= 4 is 12.7 Å². The predicted molar refractivity (Wildman–Crippen MR) is 93.1 cm³/mol. The van der Waals surface area contributed by atoms with Crippen molar-refractivity contribution in [3.63, 3.8) is 0 Å². The van der Waals surface area contributed by atoms with Crippen molar-refractivity contribution in [1.29, 1.82) is 0 Å². The largest absolute Gasteiger partial charge is 0.507 e. The average Bonchev–Trinajstić information content (AvgIpc) is 2.56. The molecule has 0 spiro atoms. The Balaban J connectivity index is 2.07. The van der Waals surface area contributed by atoms with Gasteiger partial charge in [0.15, 0.2) is 0 Å². The van der Waals surface area contributed by atoms with Gasteiger partial charge in [-0.05, 0) is 23.3 Å². The Morgan fingerprint density at radius 3 is 2.00 bits per heavy atom. The summed E-state index contributed by atoms with van der Waals surface area (Å²) in [5.41, 5.74) is 1.96. The number of aromatic hydroxyl groups is 1. The fourth-order valence-electron chi connectivity index (χ4n) is 2.62. The summed E-state index contributed by atoms with van der Waals surface area (Å²) < 4.78 is 13.0. The van der Waals surface area contributed by atoms with Gasteiger partial charge in [-0.15, -0.1) is 0 Å². The molecule has 0 fully saturated rings. The molecule has 3 rings (SSSR count). The number of hydrogen-bond acceptors (Lipinski definition) is 2. The van der Waals surface area contributed by atoms with Crippen molar-refractivity contribution < 1.29 is 14.6 Å². The smallest absolute Gasteiger partial charge is 0.234 e. The first-order valence-corrected chi connectivity index (χ1v) is 9.16. The summed E-state index contributed by atoms with van der Waals surface area (Å²) in [5.74, 6) is 0.0969. The maximum atomic E-state index is 13.0. The summed E-state index contributed by atoms with van der Waals surface area (Å²) in [6.45, 7) is 0. The maximum Gasteiger partial charge on any atom is 0.234 e. The highest BCUT2D eigenvalue weighted by atomic mass is 31.2. The molecule has 0 aliphatic rings. The summed E-state index contributed by atoms with van der Waals surface area (Å²) >= 11 is 0. The standard InChI is InChI=1S/C19H17O3P/c20-18-12-6-4-10-16(18)17-11-5-7-13-19(17)23(21,22)14-15-8-2-1-3-9-15/h1-13,20H,14H2,(H,21,22). The topological polar surface area (TPSA) is 57.5 Å². The third-order valence-electron chi connectivity index (χ3n) is 3.71. The zero-order valence-electron chi connectivity index (χ0n) is 12.5. The van der Waals surface area contributed by atoms with Gasteiger partial charge in [0, 0.05) is 10.9 Å². The molecule has 0 heterocycles. The fraction of sp³-hybridized carbons (Fsp3) is 0.0526. The normalized spacial score (nSPS) is 13.4. The molecule has 3 nitrogen and oxygen atoms in total. The minimum atomic E-state index is -3.60. The molecule has 0 bridgehead atoms. The maximum absolute atomic E-state index is 13.0. The van der Waals surface area contributed by atoms with Crippen LogP contribution >= 0.6 is 7.37 Å². The molecule has 0 aromatic heterocycles. The first-order valence-electron chi connectivity index (χ1n) is 7.31. The Morgan fingerprint density at radius 2 is 1.30 bits per heavy atom. The molecular weight excluding hydrogens is 307 g/mol. The number of rotatable bonds is 4. The van der Waals surface area contributed by atoms with Crippen LogP contribution < -0.4 is 5.30 Å². The second-order valence-electron chi connectivity index (χ2n) is 5.38. The summed E-state index contributed by atoms with van der Waals surface area (Å²) in [7, 11) is -3.60. The highest BCUT2D eigenvalue weighted by Gasteiger charge is 2.26. The minimum Gasteiger partial charge on any atom is -0.507 e. The zero-order chi connectivity index (χ0) is 16.3. The van der Waals surface area contributed by atoms with Crippen LogP contribution in [-0.4, -0.2) is 10.00 Å². The second kappa shape index (κ2) is 6.41. The average molecular weight is 324 g/mol. The fourth-order valence-corrected chi connectivity index (χ4v) is 4.39. The molecule has 0 radical (unpaired) electrons. The van der Waals surface area contributed by atoms with Crippen LogP contribution in [-0.2, 0) is 10.7 Å². The van der Waals surface area contributed by atoms with Crippen molar-refractivity contribution in [2.45, 2.75) is 6.16 Å². The van der Waals surface area contributed by atoms with Gasteiger partial charge in [-0.2, -0.15) is 0 Å². The first-order chi connectivity index (χ1) is 11.1. The van der Waals surface area contributed by atoms with Crippen molar-refractivity contribution in [2.24, 2.45) is 0 Å². The van der Waals surface area contributed by atoms with Gasteiger partial charge in [-0.25, -0.2) is 0 Å². The molecule has 4 heteroatoms. The van der Waals surface area contributed by atoms with Crippen LogP contribution in [0.1, 0.15) is 5.56 Å². The van der Waals surface area contributed by atoms with E-state index in [1.165, 1.54) is 0 Å². The predicted octanol–water partition coefficient (Wildman–Crippen LogP) is 4.16. The van der Waals surface area contributed by atoms with E-state index in [2.05, 4.69) is 0 Å². The Bertz CT molecular complexity index is 859. The van der Waals surface area contributed by atoms with Crippen LogP contribution in [0.25, 0.3) is 11.1 Å². The Hall–Kier alpha value is -2.35. The first kappa shape index (κ1) is 15.5. The van der Waals surface area contributed by atoms with Crippen molar-refractivity contribution in [2.75, 3.05) is 0 Å². The Labute approximate surface area is 135 Å². The van der Waals surface area contributed by atoms with Gasteiger partial charge in [0.25, 0.3) is 0 Å². The van der Waals surface area contributed by atoms with E-state index in [-0.39, 0.29) is 11.9 Å². The summed E-state index contributed by atoms with van der Waals surface area (Å²) in [6, 6.07) is 23.1. The van der Waals surface area contributed by atoms with E-state index in [4.69, 9.17) is 0 Å².